The van der Waals surface area contributed by atoms with Crippen molar-refractivity contribution in [1.82, 2.24) is 9.71 Å². The third-order valence-electron chi connectivity index (χ3n) is 3.99. The first-order valence-electron chi connectivity index (χ1n) is 8.07. The summed E-state index contributed by atoms with van der Waals surface area (Å²) in [6.07, 6.45) is 0.132. The first-order chi connectivity index (χ1) is 12.7. The van der Waals surface area contributed by atoms with Crippen LogP contribution in [0.2, 0.25) is 0 Å². The number of thioether (sulfide) groups is 1. The summed E-state index contributed by atoms with van der Waals surface area (Å²) in [5, 5.41) is 0.636. The molecular weight excluding hydrogens is 397 g/mol. The van der Waals surface area contributed by atoms with Crippen molar-refractivity contribution in [1.29, 1.82) is 0 Å². The second-order valence-electron chi connectivity index (χ2n) is 5.99. The number of hydrogen-bond donors (Lipinski definition) is 2. The number of sulfonamides is 1. The van der Waals surface area contributed by atoms with Gasteiger partial charge in [-0.05, 0) is 37.1 Å². The van der Waals surface area contributed by atoms with E-state index >= 15 is 0 Å². The van der Waals surface area contributed by atoms with E-state index in [2.05, 4.69) is 9.71 Å². The van der Waals surface area contributed by atoms with Gasteiger partial charge in [-0.1, -0.05) is 35.9 Å². The maximum absolute atomic E-state index is 12.8. The molecule has 0 saturated carbocycles. The molecule has 0 fully saturated rings. The number of nitrogens with one attached hydrogen (secondary N) is 2. The Hall–Kier alpha value is -1.97. The third-order valence-corrected chi connectivity index (χ3v) is 6.25. The van der Waals surface area contributed by atoms with Crippen LogP contribution < -0.4 is 4.72 Å². The molecule has 1 aromatic heterocycles. The highest BCUT2D eigenvalue weighted by Crippen LogP contribution is 2.40. The van der Waals surface area contributed by atoms with Gasteiger partial charge in [-0.2, -0.15) is 13.2 Å². The van der Waals surface area contributed by atoms with Crippen LogP contribution in [0, 0.1) is 6.92 Å². The van der Waals surface area contributed by atoms with E-state index in [0.29, 0.717) is 16.5 Å². The fraction of sp³-hybridized carbons (Fsp3) is 0.222. The minimum Gasteiger partial charge on any atom is -0.349 e. The molecule has 0 unspecified atom stereocenters. The Morgan fingerprint density at radius 2 is 1.74 bits per heavy atom. The highest BCUT2D eigenvalue weighted by Gasteiger charge is 2.32. The Morgan fingerprint density at radius 1 is 1.07 bits per heavy atom. The number of aromatic amines is 1. The SMILES string of the molecule is Cc1ccc(S(=O)(=O)NCCc2c(SC(F)(F)F)[nH]c3ccccc23)cc1. The summed E-state index contributed by atoms with van der Waals surface area (Å²) in [6, 6.07) is 13.2. The summed E-state index contributed by atoms with van der Waals surface area (Å²) in [7, 11) is -3.72. The summed E-state index contributed by atoms with van der Waals surface area (Å²) in [5.41, 5.74) is -2.47. The summed E-state index contributed by atoms with van der Waals surface area (Å²) in [6.45, 7) is 1.84. The number of H-pyrrole nitrogens is 1. The van der Waals surface area contributed by atoms with Gasteiger partial charge in [-0.3, -0.25) is 0 Å². The Bertz CT molecular complexity index is 1040. The lowest BCUT2D eigenvalue weighted by Crippen LogP contribution is -2.26. The molecule has 0 aliphatic heterocycles. The molecule has 2 aromatic carbocycles. The lowest BCUT2D eigenvalue weighted by atomic mass is 10.1. The van der Waals surface area contributed by atoms with Crippen molar-refractivity contribution in [2.75, 3.05) is 6.54 Å². The number of aryl methyl sites for hydroxylation is 1. The zero-order chi connectivity index (χ0) is 19.7. The van der Waals surface area contributed by atoms with Crippen LogP contribution >= 0.6 is 11.8 Å². The fourth-order valence-corrected chi connectivity index (χ4v) is 4.50. The van der Waals surface area contributed by atoms with Gasteiger partial charge in [0.05, 0.1) is 9.92 Å². The number of alkyl halides is 3. The van der Waals surface area contributed by atoms with Gasteiger partial charge in [0, 0.05) is 29.2 Å². The quantitative estimate of drug-likeness (QED) is 0.579. The number of fused-ring (bicyclic) bond motifs is 1. The van der Waals surface area contributed by atoms with E-state index in [1.54, 1.807) is 36.4 Å². The Balaban J connectivity index is 1.80. The van der Waals surface area contributed by atoms with Crippen molar-refractivity contribution in [2.45, 2.75) is 28.8 Å². The average Bonchev–Trinajstić information content (AvgIpc) is 2.91. The molecule has 0 amide bonds. The van der Waals surface area contributed by atoms with Crippen LogP contribution in [-0.4, -0.2) is 25.5 Å². The molecule has 3 aromatic rings. The van der Waals surface area contributed by atoms with Crippen LogP contribution in [0.1, 0.15) is 11.1 Å². The zero-order valence-corrected chi connectivity index (χ0v) is 15.9. The van der Waals surface area contributed by atoms with Crippen LogP contribution in [0.5, 0.6) is 0 Å². The van der Waals surface area contributed by atoms with Crippen molar-refractivity contribution in [3.8, 4) is 0 Å². The number of rotatable bonds is 6. The summed E-state index contributed by atoms with van der Waals surface area (Å²) in [5.74, 6) is 0. The third kappa shape index (κ3) is 4.85. The molecule has 0 aliphatic carbocycles. The van der Waals surface area contributed by atoms with Gasteiger partial charge in [-0.15, -0.1) is 0 Å². The minimum absolute atomic E-state index is 0.0104. The predicted molar refractivity (Wildman–Crippen MR) is 100 cm³/mol. The lowest BCUT2D eigenvalue weighted by Gasteiger charge is -2.09. The van der Waals surface area contributed by atoms with Gasteiger partial charge < -0.3 is 4.98 Å². The normalized spacial score (nSPS) is 12.6. The van der Waals surface area contributed by atoms with Crippen LogP contribution in [-0.2, 0) is 16.4 Å². The van der Waals surface area contributed by atoms with Gasteiger partial charge >= 0.3 is 5.51 Å². The summed E-state index contributed by atoms with van der Waals surface area (Å²) >= 11 is -0.224. The molecular formula is C18H17F3N2O2S2. The number of halogens is 3. The smallest absolute Gasteiger partial charge is 0.349 e. The van der Waals surface area contributed by atoms with Crippen LogP contribution in [0.15, 0.2) is 58.5 Å². The number of hydrogen-bond acceptors (Lipinski definition) is 3. The lowest BCUT2D eigenvalue weighted by molar-refractivity contribution is -0.0329. The van der Waals surface area contributed by atoms with Gasteiger partial charge in [-0.25, -0.2) is 13.1 Å². The van der Waals surface area contributed by atoms with E-state index in [-0.39, 0.29) is 34.6 Å². The second kappa shape index (κ2) is 7.57. The molecule has 0 aliphatic rings. The van der Waals surface area contributed by atoms with Gasteiger partial charge in [0.2, 0.25) is 10.0 Å². The van der Waals surface area contributed by atoms with E-state index in [1.165, 1.54) is 12.1 Å². The molecule has 4 nitrogen and oxygen atoms in total. The van der Waals surface area contributed by atoms with Crippen molar-refractivity contribution < 1.29 is 21.6 Å². The molecule has 2 N–H and O–H groups in total. The molecule has 27 heavy (non-hydrogen) atoms. The molecule has 0 bridgehead atoms. The molecule has 0 radical (unpaired) electrons. The molecule has 0 spiro atoms. The minimum atomic E-state index is -4.43. The van der Waals surface area contributed by atoms with E-state index in [9.17, 15) is 21.6 Å². The molecule has 1 heterocycles. The maximum Gasteiger partial charge on any atom is 0.447 e. The van der Waals surface area contributed by atoms with E-state index in [0.717, 1.165) is 5.56 Å². The zero-order valence-electron chi connectivity index (χ0n) is 14.3. The van der Waals surface area contributed by atoms with Crippen molar-refractivity contribution in [3.05, 3.63) is 59.7 Å². The predicted octanol–water partition coefficient (Wildman–Crippen LogP) is 4.61. The molecule has 9 heteroatoms. The van der Waals surface area contributed by atoms with Crippen molar-refractivity contribution in [3.63, 3.8) is 0 Å². The Labute approximate surface area is 159 Å². The monoisotopic (exact) mass is 414 g/mol. The highest BCUT2D eigenvalue weighted by molar-refractivity contribution is 8.00. The largest absolute Gasteiger partial charge is 0.447 e. The Morgan fingerprint density at radius 3 is 2.41 bits per heavy atom. The molecule has 3 rings (SSSR count). The van der Waals surface area contributed by atoms with Gasteiger partial charge in [0.15, 0.2) is 0 Å². The van der Waals surface area contributed by atoms with Crippen molar-refractivity contribution >= 4 is 32.7 Å². The second-order valence-corrected chi connectivity index (χ2v) is 8.83. The first kappa shape index (κ1) is 19.8. The van der Waals surface area contributed by atoms with E-state index in [4.69, 9.17) is 0 Å². The number of para-hydroxylation sites is 1. The van der Waals surface area contributed by atoms with E-state index < -0.39 is 15.5 Å². The van der Waals surface area contributed by atoms with Crippen LogP contribution in [0.3, 0.4) is 0 Å². The van der Waals surface area contributed by atoms with Crippen LogP contribution in [0.4, 0.5) is 13.2 Å². The number of aromatic nitrogens is 1. The number of benzene rings is 2. The molecule has 144 valence electrons. The van der Waals surface area contributed by atoms with E-state index in [1.807, 2.05) is 6.92 Å². The van der Waals surface area contributed by atoms with Gasteiger partial charge in [0.25, 0.3) is 0 Å². The average molecular weight is 414 g/mol. The highest BCUT2D eigenvalue weighted by atomic mass is 32.2. The Kier molecular flexibility index (Phi) is 5.55. The first-order valence-corrected chi connectivity index (χ1v) is 10.4. The fourth-order valence-electron chi connectivity index (χ4n) is 2.74. The molecule has 0 saturated heterocycles. The molecule has 0 atom stereocenters. The van der Waals surface area contributed by atoms with Crippen molar-refractivity contribution in [2.24, 2.45) is 0 Å². The maximum atomic E-state index is 12.8. The van der Waals surface area contributed by atoms with Crippen LogP contribution in [0.25, 0.3) is 10.9 Å². The standard InChI is InChI=1S/C18H17F3N2O2S2/c1-12-6-8-13(9-7-12)27(24,25)22-11-10-15-14-4-2-3-5-16(14)23-17(15)26-18(19,20)21/h2-9,22-23H,10-11H2,1H3. The summed E-state index contributed by atoms with van der Waals surface area (Å²) < 4.78 is 65.7. The topological polar surface area (TPSA) is 62.0 Å². The van der Waals surface area contributed by atoms with Gasteiger partial charge in [0.1, 0.15) is 0 Å². The summed E-state index contributed by atoms with van der Waals surface area (Å²) in [4.78, 5) is 2.89.